The predicted molar refractivity (Wildman–Crippen MR) is 153 cm³/mol. The van der Waals surface area contributed by atoms with Crippen molar-refractivity contribution in [2.24, 2.45) is 0 Å². The normalized spacial score (nSPS) is 11.5. The van der Waals surface area contributed by atoms with Crippen molar-refractivity contribution in [2.45, 2.75) is 72.2 Å². The lowest BCUT2D eigenvalue weighted by Gasteiger charge is -2.25. The standard InChI is InChI=1S/C31H41NO3Si/c1-23(2)35-36(5,6)21-7-20-34-31(33)19-11-26-9-12-27(13-10-26)28-14-17-29(18-15-28)32-30-16-8-24(3)25(4)22-30/h8-10,12-18,22-23,32H,7,11,19-21H2,1-6H3. The minimum atomic E-state index is -1.66. The molecule has 0 amide bonds. The number of carbonyl (C=O) groups excluding carboxylic acids is 1. The number of rotatable bonds is 12. The van der Waals surface area contributed by atoms with E-state index in [4.69, 9.17) is 9.16 Å². The van der Waals surface area contributed by atoms with Crippen LogP contribution in [0.25, 0.3) is 11.1 Å². The monoisotopic (exact) mass is 503 g/mol. The summed E-state index contributed by atoms with van der Waals surface area (Å²) in [4.78, 5) is 12.2. The maximum absolute atomic E-state index is 12.2. The Hall–Kier alpha value is -2.89. The Bertz CT molecular complexity index is 1120. The Balaban J connectivity index is 1.43. The number of anilines is 2. The zero-order valence-corrected chi connectivity index (χ0v) is 23.7. The molecule has 0 spiro atoms. The fourth-order valence-electron chi connectivity index (χ4n) is 4.30. The molecule has 0 bridgehead atoms. The molecule has 0 aliphatic carbocycles. The highest BCUT2D eigenvalue weighted by Gasteiger charge is 2.23. The lowest BCUT2D eigenvalue weighted by molar-refractivity contribution is -0.143. The first kappa shape index (κ1) is 27.7. The molecule has 4 nitrogen and oxygen atoms in total. The first-order valence-electron chi connectivity index (χ1n) is 13.0. The third-order valence-corrected chi connectivity index (χ3v) is 8.99. The van der Waals surface area contributed by atoms with Crippen LogP contribution < -0.4 is 5.32 Å². The van der Waals surface area contributed by atoms with Gasteiger partial charge in [0.15, 0.2) is 8.32 Å². The van der Waals surface area contributed by atoms with Crippen LogP contribution in [-0.4, -0.2) is 27.0 Å². The third kappa shape index (κ3) is 8.96. The van der Waals surface area contributed by atoms with Crippen molar-refractivity contribution >= 4 is 25.7 Å². The molecule has 0 radical (unpaired) electrons. The molecule has 0 aliphatic heterocycles. The smallest absolute Gasteiger partial charge is 0.306 e. The van der Waals surface area contributed by atoms with Crippen molar-refractivity contribution in [3.63, 3.8) is 0 Å². The van der Waals surface area contributed by atoms with Crippen LogP contribution in [0.15, 0.2) is 66.7 Å². The molecule has 0 atom stereocenters. The van der Waals surface area contributed by atoms with Gasteiger partial charge in [-0.25, -0.2) is 0 Å². The van der Waals surface area contributed by atoms with Gasteiger partial charge >= 0.3 is 5.97 Å². The molecular formula is C31H41NO3Si. The number of hydrogen-bond donors (Lipinski definition) is 1. The van der Waals surface area contributed by atoms with Crippen molar-refractivity contribution in [2.75, 3.05) is 11.9 Å². The molecule has 3 aromatic carbocycles. The molecule has 36 heavy (non-hydrogen) atoms. The lowest BCUT2D eigenvalue weighted by atomic mass is 10.0. The summed E-state index contributed by atoms with van der Waals surface area (Å²) in [7, 11) is -1.66. The Labute approximate surface area is 218 Å². The van der Waals surface area contributed by atoms with Gasteiger partial charge in [-0.1, -0.05) is 42.5 Å². The molecule has 3 aromatic rings. The van der Waals surface area contributed by atoms with Gasteiger partial charge in [0.2, 0.25) is 0 Å². The Morgan fingerprint density at radius 1 is 0.861 bits per heavy atom. The number of aryl methyl sites for hydroxylation is 3. The largest absolute Gasteiger partial charge is 0.466 e. The van der Waals surface area contributed by atoms with Crippen molar-refractivity contribution in [1.29, 1.82) is 0 Å². The molecule has 0 aliphatic rings. The first-order valence-corrected chi connectivity index (χ1v) is 16.1. The first-order chi connectivity index (χ1) is 17.1. The lowest BCUT2D eigenvalue weighted by Crippen LogP contribution is -2.33. The number of esters is 1. The van der Waals surface area contributed by atoms with Crippen molar-refractivity contribution < 1.29 is 14.0 Å². The molecule has 0 saturated heterocycles. The predicted octanol–water partition coefficient (Wildman–Crippen LogP) is 8.21. The van der Waals surface area contributed by atoms with E-state index in [1.165, 1.54) is 16.7 Å². The average molecular weight is 504 g/mol. The van der Waals surface area contributed by atoms with E-state index in [2.05, 4.69) is 113 Å². The van der Waals surface area contributed by atoms with Crippen LogP contribution in [0.2, 0.25) is 19.1 Å². The topological polar surface area (TPSA) is 47.6 Å². The van der Waals surface area contributed by atoms with E-state index in [1.54, 1.807) is 0 Å². The third-order valence-electron chi connectivity index (χ3n) is 6.33. The van der Waals surface area contributed by atoms with Gasteiger partial charge < -0.3 is 14.5 Å². The summed E-state index contributed by atoms with van der Waals surface area (Å²) in [6.45, 7) is 13.3. The summed E-state index contributed by atoms with van der Waals surface area (Å²) >= 11 is 0. The molecule has 5 heteroatoms. The maximum atomic E-state index is 12.2. The number of carbonyl (C=O) groups is 1. The Morgan fingerprint density at radius 2 is 1.47 bits per heavy atom. The molecule has 192 valence electrons. The molecule has 0 saturated carbocycles. The van der Waals surface area contributed by atoms with E-state index < -0.39 is 8.32 Å². The zero-order valence-electron chi connectivity index (χ0n) is 22.7. The second kappa shape index (κ2) is 12.9. The van der Waals surface area contributed by atoms with E-state index in [1.807, 2.05) is 0 Å². The number of benzene rings is 3. The number of nitrogens with one attached hydrogen (secondary N) is 1. The fourth-order valence-corrected chi connectivity index (χ4v) is 6.68. The van der Waals surface area contributed by atoms with Gasteiger partial charge in [-0.15, -0.1) is 0 Å². The highest BCUT2D eigenvalue weighted by Crippen LogP contribution is 2.25. The van der Waals surface area contributed by atoms with Crippen LogP contribution >= 0.6 is 0 Å². The van der Waals surface area contributed by atoms with Gasteiger partial charge in [0.25, 0.3) is 0 Å². The summed E-state index contributed by atoms with van der Waals surface area (Å²) in [6, 6.07) is 24.3. The highest BCUT2D eigenvalue weighted by atomic mass is 28.4. The summed E-state index contributed by atoms with van der Waals surface area (Å²) in [6.07, 6.45) is 2.21. The average Bonchev–Trinajstić information content (AvgIpc) is 2.83. The minimum Gasteiger partial charge on any atom is -0.466 e. The van der Waals surface area contributed by atoms with Gasteiger partial charge in [0.1, 0.15) is 0 Å². The quantitative estimate of drug-likeness (QED) is 0.154. The van der Waals surface area contributed by atoms with E-state index in [0.29, 0.717) is 19.4 Å². The molecule has 0 aromatic heterocycles. The Morgan fingerprint density at radius 3 is 2.08 bits per heavy atom. The van der Waals surface area contributed by atoms with E-state index in [9.17, 15) is 4.79 Å². The van der Waals surface area contributed by atoms with Gasteiger partial charge in [0, 0.05) is 23.9 Å². The van der Waals surface area contributed by atoms with Gasteiger partial charge in [-0.05, 0) is 112 Å². The Kier molecular flexibility index (Phi) is 9.91. The van der Waals surface area contributed by atoms with Gasteiger partial charge in [-0.3, -0.25) is 4.79 Å². The second-order valence-electron chi connectivity index (χ2n) is 10.4. The van der Waals surface area contributed by atoms with Crippen LogP contribution in [0.1, 0.15) is 43.4 Å². The summed E-state index contributed by atoms with van der Waals surface area (Å²) in [5, 5.41) is 3.47. The van der Waals surface area contributed by atoms with Crippen molar-refractivity contribution in [3.8, 4) is 11.1 Å². The summed E-state index contributed by atoms with van der Waals surface area (Å²) in [5.74, 6) is -0.129. The maximum Gasteiger partial charge on any atom is 0.306 e. The molecule has 3 rings (SSSR count). The van der Waals surface area contributed by atoms with E-state index in [-0.39, 0.29) is 12.1 Å². The van der Waals surface area contributed by atoms with Crippen LogP contribution in [0.3, 0.4) is 0 Å². The number of ether oxygens (including phenoxy) is 1. The molecular weight excluding hydrogens is 462 g/mol. The van der Waals surface area contributed by atoms with Crippen LogP contribution in [-0.2, 0) is 20.4 Å². The van der Waals surface area contributed by atoms with Crippen molar-refractivity contribution in [1.82, 2.24) is 0 Å². The SMILES string of the molecule is Cc1ccc(Nc2ccc(-c3ccc(CCC(=O)OCCC[Si](C)(C)OC(C)C)cc3)cc2)cc1C. The van der Waals surface area contributed by atoms with Crippen LogP contribution in [0.5, 0.6) is 0 Å². The summed E-state index contributed by atoms with van der Waals surface area (Å²) in [5.41, 5.74) is 8.21. The highest BCUT2D eigenvalue weighted by molar-refractivity contribution is 6.71. The van der Waals surface area contributed by atoms with Crippen molar-refractivity contribution in [3.05, 3.63) is 83.4 Å². The zero-order chi connectivity index (χ0) is 26.1. The molecule has 1 N–H and O–H groups in total. The molecule has 0 heterocycles. The van der Waals surface area contributed by atoms with Gasteiger partial charge in [-0.2, -0.15) is 0 Å². The van der Waals surface area contributed by atoms with E-state index >= 15 is 0 Å². The fraction of sp³-hybridized carbons (Fsp3) is 0.387. The minimum absolute atomic E-state index is 0.129. The summed E-state index contributed by atoms with van der Waals surface area (Å²) < 4.78 is 11.5. The van der Waals surface area contributed by atoms with Crippen LogP contribution in [0, 0.1) is 13.8 Å². The van der Waals surface area contributed by atoms with Crippen LogP contribution in [0.4, 0.5) is 11.4 Å². The van der Waals surface area contributed by atoms with Gasteiger partial charge in [0.05, 0.1) is 6.61 Å². The van der Waals surface area contributed by atoms with E-state index in [0.717, 1.165) is 35.0 Å². The molecule has 0 unspecified atom stereocenters. The number of hydrogen-bond acceptors (Lipinski definition) is 4. The second-order valence-corrected chi connectivity index (χ2v) is 14.7. The molecule has 0 fully saturated rings.